The molecule has 6 heteroatoms. The van der Waals surface area contributed by atoms with Crippen LogP contribution in [0.3, 0.4) is 0 Å². The van der Waals surface area contributed by atoms with Gasteiger partial charge in [-0.15, -0.1) is 0 Å². The molecule has 7 rings (SSSR count). The number of rotatable bonds is 3. The molecule has 5 nitrogen and oxygen atoms in total. The molecule has 1 saturated carbocycles. The molecule has 3 fully saturated rings. The molecule has 1 unspecified atom stereocenters. The van der Waals surface area contributed by atoms with E-state index in [0.29, 0.717) is 16.3 Å². The monoisotopic (exact) mass is 474 g/mol. The third kappa shape index (κ3) is 3.00. The highest BCUT2D eigenvalue weighted by atomic mass is 35.5. The largest absolute Gasteiger partial charge is 0.316 e. The Morgan fingerprint density at radius 1 is 1.12 bits per heavy atom. The molecule has 1 aromatic heterocycles. The number of halogens is 1. The molecular weight excluding hydrogens is 444 g/mol. The van der Waals surface area contributed by atoms with Crippen molar-refractivity contribution in [3.8, 4) is 5.69 Å². The van der Waals surface area contributed by atoms with Gasteiger partial charge in [0.05, 0.1) is 27.0 Å². The Morgan fingerprint density at radius 2 is 1.88 bits per heavy atom. The summed E-state index contributed by atoms with van der Waals surface area (Å²) < 4.78 is 2.18. The van der Waals surface area contributed by atoms with Crippen molar-refractivity contribution in [1.29, 1.82) is 0 Å². The Labute approximate surface area is 205 Å². The van der Waals surface area contributed by atoms with Crippen LogP contribution in [0.1, 0.15) is 49.6 Å². The van der Waals surface area contributed by atoms with E-state index in [1.165, 1.54) is 56.7 Å². The summed E-state index contributed by atoms with van der Waals surface area (Å²) in [5.74, 6) is 4.21. The molecule has 0 radical (unpaired) electrons. The van der Waals surface area contributed by atoms with Crippen LogP contribution in [0.4, 0.5) is 0 Å². The van der Waals surface area contributed by atoms with Gasteiger partial charge in [0.25, 0.3) is 5.56 Å². The first kappa shape index (κ1) is 21.1. The van der Waals surface area contributed by atoms with Gasteiger partial charge in [-0.25, -0.2) is 0 Å². The maximum absolute atomic E-state index is 12.9. The van der Waals surface area contributed by atoms with Gasteiger partial charge in [0.2, 0.25) is 0 Å². The highest BCUT2D eigenvalue weighted by Crippen LogP contribution is 2.49. The molecule has 2 aromatic carbocycles. The Balaban J connectivity index is 1.20. The fraction of sp³-hybridized carbons (Fsp3) is 0.500. The zero-order chi connectivity index (χ0) is 23.2. The summed E-state index contributed by atoms with van der Waals surface area (Å²) in [6.45, 7) is 10.5. The van der Waals surface area contributed by atoms with E-state index in [1.807, 2.05) is 12.1 Å². The minimum atomic E-state index is -0.329. The molecule has 3 aliphatic heterocycles. The molecule has 176 valence electrons. The van der Waals surface area contributed by atoms with Crippen LogP contribution in [0.2, 0.25) is 5.02 Å². The van der Waals surface area contributed by atoms with Crippen LogP contribution in [0.5, 0.6) is 0 Å². The van der Waals surface area contributed by atoms with Crippen molar-refractivity contribution < 1.29 is 0 Å². The number of nitrogens with zero attached hydrogens (tertiary/aromatic N) is 3. The minimum absolute atomic E-state index is 0.240. The minimum Gasteiger partial charge on any atom is -0.316 e. The second-order valence-electron chi connectivity index (χ2n) is 11.3. The van der Waals surface area contributed by atoms with Gasteiger partial charge in [0.15, 0.2) is 0 Å². The van der Waals surface area contributed by atoms with Crippen LogP contribution in [0.15, 0.2) is 41.2 Å². The molecule has 1 aliphatic carbocycles. The molecule has 0 spiro atoms. The van der Waals surface area contributed by atoms with Crippen molar-refractivity contribution in [2.24, 2.45) is 17.8 Å². The number of piperidine rings is 2. The van der Waals surface area contributed by atoms with Crippen molar-refractivity contribution in [1.82, 2.24) is 19.8 Å². The first-order valence-electron chi connectivity index (χ1n) is 12.7. The predicted molar refractivity (Wildman–Crippen MR) is 136 cm³/mol. The van der Waals surface area contributed by atoms with Crippen molar-refractivity contribution in [3.63, 3.8) is 0 Å². The first-order valence-corrected chi connectivity index (χ1v) is 13.1. The predicted octanol–water partition coefficient (Wildman–Crippen LogP) is 4.32. The Morgan fingerprint density at radius 3 is 2.65 bits per heavy atom. The molecule has 2 saturated heterocycles. The van der Waals surface area contributed by atoms with E-state index in [0.717, 1.165) is 34.8 Å². The summed E-state index contributed by atoms with van der Waals surface area (Å²) >= 11 is 6.44. The molecule has 34 heavy (non-hydrogen) atoms. The zero-order valence-corrected chi connectivity index (χ0v) is 20.6. The molecule has 4 aliphatic rings. The van der Waals surface area contributed by atoms with Crippen molar-refractivity contribution in [3.05, 3.63) is 68.7 Å². The SMILES string of the molecule is CC1(C)c2ccc(C3CCN(CC4[C@H]5CNC[C@@H]45)CC3)cc2-n2c1nc(=O)c1c(Cl)cccc12. The molecule has 0 amide bonds. The summed E-state index contributed by atoms with van der Waals surface area (Å²) in [5.41, 5.74) is 4.06. The van der Waals surface area contributed by atoms with Crippen molar-refractivity contribution in [2.45, 2.75) is 38.0 Å². The van der Waals surface area contributed by atoms with Crippen LogP contribution in [-0.2, 0) is 5.41 Å². The quantitative estimate of drug-likeness (QED) is 0.614. The number of hydrogen-bond donors (Lipinski definition) is 1. The molecule has 1 N–H and O–H groups in total. The zero-order valence-electron chi connectivity index (χ0n) is 19.9. The average Bonchev–Trinajstić information content (AvgIpc) is 3.15. The van der Waals surface area contributed by atoms with E-state index in [-0.39, 0.29) is 11.0 Å². The van der Waals surface area contributed by atoms with E-state index in [9.17, 15) is 4.79 Å². The topological polar surface area (TPSA) is 50.2 Å². The van der Waals surface area contributed by atoms with E-state index in [4.69, 9.17) is 11.6 Å². The number of aromatic nitrogens is 2. The highest BCUT2D eigenvalue weighted by Gasteiger charge is 2.53. The van der Waals surface area contributed by atoms with Gasteiger partial charge in [-0.05, 0) is 106 Å². The number of fused-ring (bicyclic) bond motifs is 6. The van der Waals surface area contributed by atoms with E-state index >= 15 is 0 Å². The maximum Gasteiger partial charge on any atom is 0.282 e. The van der Waals surface area contributed by atoms with Gasteiger partial charge in [-0.1, -0.05) is 29.8 Å². The highest BCUT2D eigenvalue weighted by molar-refractivity contribution is 6.35. The van der Waals surface area contributed by atoms with Gasteiger partial charge in [0, 0.05) is 6.54 Å². The van der Waals surface area contributed by atoms with Crippen LogP contribution in [0.25, 0.3) is 16.6 Å². The van der Waals surface area contributed by atoms with E-state index in [2.05, 4.69) is 51.8 Å². The van der Waals surface area contributed by atoms with Crippen LogP contribution in [0, 0.1) is 17.8 Å². The Kier molecular flexibility index (Phi) is 4.59. The lowest BCUT2D eigenvalue weighted by atomic mass is 9.83. The van der Waals surface area contributed by atoms with Gasteiger partial charge in [0.1, 0.15) is 5.82 Å². The lowest BCUT2D eigenvalue weighted by Gasteiger charge is -2.33. The Bertz CT molecular complexity index is 1360. The summed E-state index contributed by atoms with van der Waals surface area (Å²) in [4.78, 5) is 20.1. The first-order chi connectivity index (χ1) is 16.4. The summed E-state index contributed by atoms with van der Waals surface area (Å²) in [6.07, 6.45) is 2.43. The summed E-state index contributed by atoms with van der Waals surface area (Å²) in [5, 5.41) is 4.50. The fourth-order valence-corrected chi connectivity index (χ4v) is 7.34. The van der Waals surface area contributed by atoms with E-state index in [1.54, 1.807) is 6.07 Å². The van der Waals surface area contributed by atoms with Gasteiger partial charge in [-0.2, -0.15) is 4.98 Å². The van der Waals surface area contributed by atoms with Crippen molar-refractivity contribution >= 4 is 22.5 Å². The lowest BCUT2D eigenvalue weighted by Crippen LogP contribution is -2.35. The van der Waals surface area contributed by atoms with Gasteiger partial charge >= 0.3 is 0 Å². The number of hydrogen-bond acceptors (Lipinski definition) is 4. The third-order valence-corrected chi connectivity index (χ3v) is 9.47. The van der Waals surface area contributed by atoms with Crippen LogP contribution in [-0.4, -0.2) is 47.2 Å². The maximum atomic E-state index is 12.9. The standard InChI is InChI=1S/C28H31ClN4O/c1-28(2)21-7-6-17(16-8-10-32(11-9-16)15-20-18-13-30-14-19(18)20)12-24(21)33-23-5-3-4-22(29)25(23)26(34)31-27(28)33/h3-7,12,16,18-20,30H,8-11,13-15H2,1-2H3/t18-,19+,20?. The number of likely N-dealkylation sites (tertiary alicyclic amines) is 1. The normalized spacial score (nSPS) is 27.6. The second kappa shape index (κ2) is 7.39. The number of benzene rings is 2. The molecule has 3 atom stereocenters. The van der Waals surface area contributed by atoms with Gasteiger partial charge < -0.3 is 10.2 Å². The van der Waals surface area contributed by atoms with Gasteiger partial charge in [-0.3, -0.25) is 9.36 Å². The van der Waals surface area contributed by atoms with E-state index < -0.39 is 0 Å². The average molecular weight is 475 g/mol. The third-order valence-electron chi connectivity index (χ3n) is 9.16. The van der Waals surface area contributed by atoms with Crippen LogP contribution < -0.4 is 10.9 Å². The molecule has 0 bridgehead atoms. The van der Waals surface area contributed by atoms with Crippen LogP contribution >= 0.6 is 11.6 Å². The van der Waals surface area contributed by atoms with Crippen molar-refractivity contribution in [2.75, 3.05) is 32.7 Å². The lowest BCUT2D eigenvalue weighted by molar-refractivity contribution is 0.197. The molecule has 4 heterocycles. The fourth-order valence-electron chi connectivity index (χ4n) is 7.09. The molecular formula is C28H31ClN4O. The summed E-state index contributed by atoms with van der Waals surface area (Å²) in [7, 11) is 0. The Hall–Kier alpha value is -2.21. The number of nitrogens with one attached hydrogen (secondary N) is 1. The molecule has 3 aromatic rings. The summed E-state index contributed by atoms with van der Waals surface area (Å²) in [6, 6.07) is 12.6. The smallest absolute Gasteiger partial charge is 0.282 e. The second-order valence-corrected chi connectivity index (χ2v) is 11.7.